The molecule has 1 aliphatic rings. The Morgan fingerprint density at radius 2 is 1.73 bits per heavy atom. The molecule has 90 valence electrons. The van der Waals surface area contributed by atoms with Gasteiger partial charge in [-0.15, -0.1) is 0 Å². The number of rotatable bonds is 7. The molecule has 0 aromatic rings. The third-order valence-electron chi connectivity index (χ3n) is 3.60. The quantitative estimate of drug-likeness (QED) is 0.670. The molecule has 1 fully saturated rings. The first-order valence-corrected chi connectivity index (χ1v) is 7.80. The van der Waals surface area contributed by atoms with Crippen LogP contribution in [0.1, 0.15) is 46.0 Å². The molecule has 1 saturated carbocycles. The van der Waals surface area contributed by atoms with Crippen LogP contribution < -0.4 is 5.32 Å². The molecule has 0 aromatic heterocycles. The van der Waals surface area contributed by atoms with Gasteiger partial charge in [0.2, 0.25) is 0 Å². The zero-order valence-corrected chi connectivity index (χ0v) is 11.2. The lowest BCUT2D eigenvalue weighted by molar-refractivity contribution is 0.264. The predicted octanol–water partition coefficient (Wildman–Crippen LogP) is 3.55. The van der Waals surface area contributed by atoms with E-state index >= 15 is 0 Å². The van der Waals surface area contributed by atoms with Crippen LogP contribution in [0.15, 0.2) is 0 Å². The van der Waals surface area contributed by atoms with Crippen LogP contribution in [0.4, 0.5) is 0 Å². The van der Waals surface area contributed by atoms with Crippen molar-refractivity contribution in [3.05, 3.63) is 0 Å². The maximum absolute atomic E-state index is 3.60. The van der Waals surface area contributed by atoms with Crippen molar-refractivity contribution in [3.63, 3.8) is 0 Å². The summed E-state index contributed by atoms with van der Waals surface area (Å²) in [5.74, 6) is 4.54. The largest absolute Gasteiger partial charge is 0.316 e. The number of hydrogen-bond acceptors (Lipinski definition) is 2. The summed E-state index contributed by atoms with van der Waals surface area (Å²) in [5, 5.41) is 3.60. The molecule has 0 saturated heterocycles. The Morgan fingerprint density at radius 1 is 1.07 bits per heavy atom. The highest BCUT2D eigenvalue weighted by atomic mass is 32.2. The van der Waals surface area contributed by atoms with Gasteiger partial charge in [0.15, 0.2) is 0 Å². The zero-order chi connectivity index (χ0) is 10.9. The highest BCUT2D eigenvalue weighted by molar-refractivity contribution is 7.99. The Balaban J connectivity index is 1.94. The van der Waals surface area contributed by atoms with Crippen LogP contribution in [0.5, 0.6) is 0 Å². The SMILES string of the molecule is CCSCCNCC1CCC(CC)CC1. The van der Waals surface area contributed by atoms with Crippen LogP contribution in [0.3, 0.4) is 0 Å². The topological polar surface area (TPSA) is 12.0 Å². The molecule has 2 heteroatoms. The van der Waals surface area contributed by atoms with E-state index in [0.717, 1.165) is 11.8 Å². The summed E-state index contributed by atoms with van der Waals surface area (Å²) in [6.07, 6.45) is 7.28. The van der Waals surface area contributed by atoms with E-state index in [1.165, 1.54) is 56.7 Å². The third-order valence-corrected chi connectivity index (χ3v) is 4.51. The van der Waals surface area contributed by atoms with Gasteiger partial charge >= 0.3 is 0 Å². The van der Waals surface area contributed by atoms with Gasteiger partial charge in [0.1, 0.15) is 0 Å². The summed E-state index contributed by atoms with van der Waals surface area (Å²) in [4.78, 5) is 0. The van der Waals surface area contributed by atoms with Crippen molar-refractivity contribution in [2.45, 2.75) is 46.0 Å². The number of thioether (sulfide) groups is 1. The normalized spacial score (nSPS) is 26.8. The average molecular weight is 229 g/mol. The summed E-state index contributed by atoms with van der Waals surface area (Å²) >= 11 is 2.04. The van der Waals surface area contributed by atoms with Gasteiger partial charge in [0, 0.05) is 12.3 Å². The Kier molecular flexibility index (Phi) is 7.54. The van der Waals surface area contributed by atoms with Crippen molar-refractivity contribution >= 4 is 11.8 Å². The minimum absolute atomic E-state index is 0.972. The van der Waals surface area contributed by atoms with Gasteiger partial charge in [-0.1, -0.05) is 33.1 Å². The van der Waals surface area contributed by atoms with Crippen LogP contribution in [0, 0.1) is 11.8 Å². The molecule has 1 rings (SSSR count). The van der Waals surface area contributed by atoms with Gasteiger partial charge in [-0.25, -0.2) is 0 Å². The van der Waals surface area contributed by atoms with Crippen molar-refractivity contribution in [2.75, 3.05) is 24.6 Å². The van der Waals surface area contributed by atoms with E-state index in [9.17, 15) is 0 Å². The van der Waals surface area contributed by atoms with E-state index in [0.29, 0.717) is 0 Å². The average Bonchev–Trinajstić information content (AvgIpc) is 2.30. The molecule has 0 aromatic carbocycles. The van der Waals surface area contributed by atoms with Crippen molar-refractivity contribution in [1.29, 1.82) is 0 Å². The predicted molar refractivity (Wildman–Crippen MR) is 71.6 cm³/mol. The lowest BCUT2D eigenvalue weighted by Crippen LogP contribution is -2.28. The summed E-state index contributed by atoms with van der Waals surface area (Å²) in [7, 11) is 0. The Morgan fingerprint density at radius 3 is 2.33 bits per heavy atom. The highest BCUT2D eigenvalue weighted by Crippen LogP contribution is 2.29. The fraction of sp³-hybridized carbons (Fsp3) is 1.00. The lowest BCUT2D eigenvalue weighted by atomic mass is 9.81. The standard InChI is InChI=1S/C13H27NS/c1-3-12-5-7-13(8-6-12)11-14-9-10-15-4-2/h12-14H,3-11H2,1-2H3. The molecule has 0 atom stereocenters. The molecule has 0 heterocycles. The second-order valence-electron chi connectivity index (χ2n) is 4.70. The molecule has 1 nitrogen and oxygen atoms in total. The fourth-order valence-corrected chi connectivity index (χ4v) is 3.02. The molecule has 1 aliphatic carbocycles. The lowest BCUT2D eigenvalue weighted by Gasteiger charge is -2.27. The first kappa shape index (κ1) is 13.4. The van der Waals surface area contributed by atoms with Crippen molar-refractivity contribution in [1.82, 2.24) is 5.32 Å². The molecule has 1 N–H and O–H groups in total. The Bertz CT molecular complexity index is 141. The van der Waals surface area contributed by atoms with E-state index in [1.54, 1.807) is 0 Å². The van der Waals surface area contributed by atoms with Crippen LogP contribution in [-0.4, -0.2) is 24.6 Å². The summed E-state index contributed by atoms with van der Waals surface area (Å²) in [6.45, 7) is 7.04. The van der Waals surface area contributed by atoms with Gasteiger partial charge < -0.3 is 5.32 Å². The molecule has 0 amide bonds. The molecular weight excluding hydrogens is 202 g/mol. The number of nitrogens with one attached hydrogen (secondary N) is 1. The number of hydrogen-bond donors (Lipinski definition) is 1. The second-order valence-corrected chi connectivity index (χ2v) is 6.09. The molecular formula is C13H27NS. The van der Waals surface area contributed by atoms with E-state index in [1.807, 2.05) is 11.8 Å². The van der Waals surface area contributed by atoms with Gasteiger partial charge in [0.25, 0.3) is 0 Å². The van der Waals surface area contributed by atoms with E-state index in [-0.39, 0.29) is 0 Å². The summed E-state index contributed by atoms with van der Waals surface area (Å²) < 4.78 is 0. The molecule has 0 bridgehead atoms. The summed E-state index contributed by atoms with van der Waals surface area (Å²) in [6, 6.07) is 0. The van der Waals surface area contributed by atoms with E-state index in [4.69, 9.17) is 0 Å². The van der Waals surface area contributed by atoms with Crippen LogP contribution in [-0.2, 0) is 0 Å². The van der Waals surface area contributed by atoms with Crippen molar-refractivity contribution < 1.29 is 0 Å². The monoisotopic (exact) mass is 229 g/mol. The smallest absolute Gasteiger partial charge is 0.00580 e. The van der Waals surface area contributed by atoms with Gasteiger partial charge in [-0.2, -0.15) is 11.8 Å². The highest BCUT2D eigenvalue weighted by Gasteiger charge is 2.19. The zero-order valence-electron chi connectivity index (χ0n) is 10.4. The molecule has 0 spiro atoms. The van der Waals surface area contributed by atoms with E-state index < -0.39 is 0 Å². The van der Waals surface area contributed by atoms with Crippen LogP contribution in [0.2, 0.25) is 0 Å². The Hall–Kier alpha value is 0.310. The third kappa shape index (κ3) is 5.82. The second kappa shape index (κ2) is 8.46. The van der Waals surface area contributed by atoms with Crippen molar-refractivity contribution in [3.8, 4) is 0 Å². The molecule has 0 unspecified atom stereocenters. The van der Waals surface area contributed by atoms with Gasteiger partial charge in [-0.3, -0.25) is 0 Å². The van der Waals surface area contributed by atoms with Gasteiger partial charge in [0.05, 0.1) is 0 Å². The van der Waals surface area contributed by atoms with Crippen molar-refractivity contribution in [2.24, 2.45) is 11.8 Å². The maximum Gasteiger partial charge on any atom is 0.00580 e. The van der Waals surface area contributed by atoms with Gasteiger partial charge in [-0.05, 0) is 37.0 Å². The Labute approximate surface area is 99.8 Å². The maximum atomic E-state index is 3.60. The van der Waals surface area contributed by atoms with E-state index in [2.05, 4.69) is 19.2 Å². The molecule has 0 aliphatic heterocycles. The van der Waals surface area contributed by atoms with Crippen LogP contribution >= 0.6 is 11.8 Å². The fourth-order valence-electron chi connectivity index (χ4n) is 2.44. The minimum atomic E-state index is 0.972. The first-order chi connectivity index (χ1) is 7.36. The first-order valence-electron chi connectivity index (χ1n) is 6.65. The summed E-state index contributed by atoms with van der Waals surface area (Å²) in [5.41, 5.74) is 0. The van der Waals surface area contributed by atoms with Crippen LogP contribution in [0.25, 0.3) is 0 Å². The molecule has 15 heavy (non-hydrogen) atoms. The molecule has 0 radical (unpaired) electrons. The minimum Gasteiger partial charge on any atom is -0.316 e.